The Morgan fingerprint density at radius 3 is 2.12 bits per heavy atom. The summed E-state index contributed by atoms with van der Waals surface area (Å²) in [6.07, 6.45) is 1.68. The number of carbonyl (C=O) groups excluding carboxylic acids is 1. The van der Waals surface area contributed by atoms with Gasteiger partial charge in [-0.05, 0) is 31.2 Å². The third-order valence-corrected chi connectivity index (χ3v) is 5.81. The minimum Gasteiger partial charge on any atom is -0.305 e. The molecule has 0 bridgehead atoms. The van der Waals surface area contributed by atoms with Crippen LogP contribution in [0.4, 0.5) is 11.4 Å². The number of hydrogen-bond acceptors (Lipinski definition) is 3. The second kappa shape index (κ2) is 8.44. The van der Waals surface area contributed by atoms with Crippen LogP contribution in [0.5, 0.6) is 0 Å². The minimum atomic E-state index is -0.123. The number of nitrogens with zero attached hydrogens (tertiary/aromatic N) is 4. The highest BCUT2D eigenvalue weighted by molar-refractivity contribution is 6.30. The number of amides is 1. The summed E-state index contributed by atoms with van der Waals surface area (Å²) < 4.78 is 1.78. The van der Waals surface area contributed by atoms with Gasteiger partial charge in [0.2, 0.25) is 0 Å². The monoisotopic (exact) mass is 440 g/mol. The lowest BCUT2D eigenvalue weighted by Crippen LogP contribution is -2.42. The van der Waals surface area contributed by atoms with E-state index in [1.54, 1.807) is 27.9 Å². The largest absolute Gasteiger partial charge is 0.305 e. The Balaban J connectivity index is 1.62. The predicted molar refractivity (Wildman–Crippen MR) is 128 cm³/mol. The molecule has 6 heteroatoms. The van der Waals surface area contributed by atoms with E-state index in [1.807, 2.05) is 72.8 Å². The fourth-order valence-corrected chi connectivity index (χ4v) is 4.11. The molecule has 0 saturated heterocycles. The number of anilines is 1. The molecule has 158 valence electrons. The normalized spacial score (nSPS) is 15.4. The third kappa shape index (κ3) is 3.72. The van der Waals surface area contributed by atoms with Gasteiger partial charge in [-0.3, -0.25) is 9.48 Å². The van der Waals surface area contributed by atoms with Gasteiger partial charge in [0.25, 0.3) is 5.91 Å². The van der Waals surface area contributed by atoms with Crippen molar-refractivity contribution in [3.63, 3.8) is 0 Å². The van der Waals surface area contributed by atoms with E-state index >= 15 is 0 Å². The minimum absolute atomic E-state index is 0.0132. The van der Waals surface area contributed by atoms with Crippen molar-refractivity contribution in [1.29, 1.82) is 0 Å². The maximum atomic E-state index is 13.5. The highest BCUT2D eigenvalue weighted by Crippen LogP contribution is 2.32. The molecule has 1 aliphatic heterocycles. The molecule has 2 heterocycles. The Morgan fingerprint density at radius 2 is 1.53 bits per heavy atom. The number of aliphatic imine (C=N–C) groups is 1. The van der Waals surface area contributed by atoms with Gasteiger partial charge < -0.3 is 4.90 Å². The van der Waals surface area contributed by atoms with Crippen molar-refractivity contribution in [2.45, 2.75) is 13.0 Å². The molecule has 1 aliphatic rings. The molecule has 0 fully saturated rings. The third-order valence-electron chi connectivity index (χ3n) is 5.55. The number of fused-ring (bicyclic) bond motifs is 1. The van der Waals surface area contributed by atoms with Crippen LogP contribution in [0.3, 0.4) is 0 Å². The molecule has 0 radical (unpaired) electrons. The topological polar surface area (TPSA) is 50.5 Å². The molecule has 1 atom stereocenters. The first-order valence-electron chi connectivity index (χ1n) is 10.5. The molecule has 32 heavy (non-hydrogen) atoms. The van der Waals surface area contributed by atoms with Crippen LogP contribution in [0, 0.1) is 0 Å². The summed E-state index contributed by atoms with van der Waals surface area (Å²) >= 11 is 6.04. The van der Waals surface area contributed by atoms with Crippen molar-refractivity contribution in [1.82, 2.24) is 9.78 Å². The lowest BCUT2D eigenvalue weighted by molar-refractivity contribution is 0.0954. The summed E-state index contributed by atoms with van der Waals surface area (Å²) in [6.45, 7) is 2.58. The molecule has 0 aliphatic carbocycles. The quantitative estimate of drug-likeness (QED) is 0.369. The maximum absolute atomic E-state index is 13.5. The number of halogens is 1. The van der Waals surface area contributed by atoms with E-state index in [0.717, 1.165) is 22.5 Å². The molecule has 3 aromatic carbocycles. The fraction of sp³-hybridized carbons (Fsp3) is 0.115. The number of aromatic nitrogens is 2. The fourth-order valence-electron chi connectivity index (χ4n) is 3.98. The van der Waals surface area contributed by atoms with Crippen molar-refractivity contribution in [3.8, 4) is 0 Å². The van der Waals surface area contributed by atoms with E-state index < -0.39 is 0 Å². The first-order chi connectivity index (χ1) is 15.6. The van der Waals surface area contributed by atoms with Gasteiger partial charge in [0.1, 0.15) is 5.69 Å². The zero-order chi connectivity index (χ0) is 22.1. The molecule has 0 N–H and O–H groups in total. The first kappa shape index (κ1) is 20.2. The lowest BCUT2D eigenvalue weighted by atomic mass is 10.0. The molecule has 1 amide bonds. The SMILES string of the molecule is C[C@H]1CN(c2ccc(Cl)cc2)C(=O)c2c(N=C(c3ccccc3)c3ccccc3)cnn21. The lowest BCUT2D eigenvalue weighted by Gasteiger charge is -2.32. The number of hydrogen-bond donors (Lipinski definition) is 0. The van der Waals surface area contributed by atoms with E-state index in [9.17, 15) is 4.79 Å². The smallest absolute Gasteiger partial charge is 0.278 e. The van der Waals surface area contributed by atoms with Crippen molar-refractivity contribution < 1.29 is 4.79 Å². The summed E-state index contributed by atoms with van der Waals surface area (Å²) in [6, 6.07) is 27.3. The van der Waals surface area contributed by atoms with E-state index in [1.165, 1.54) is 0 Å². The zero-order valence-corrected chi connectivity index (χ0v) is 18.3. The van der Waals surface area contributed by atoms with Crippen LogP contribution >= 0.6 is 11.6 Å². The Hall–Kier alpha value is -3.70. The van der Waals surface area contributed by atoms with Crippen molar-refractivity contribution in [2.75, 3.05) is 11.4 Å². The summed E-state index contributed by atoms with van der Waals surface area (Å²) in [7, 11) is 0. The Labute approximate surface area is 191 Å². The summed E-state index contributed by atoms with van der Waals surface area (Å²) in [5, 5.41) is 5.15. The van der Waals surface area contributed by atoms with Gasteiger partial charge in [-0.2, -0.15) is 5.10 Å². The van der Waals surface area contributed by atoms with Crippen LogP contribution in [0.2, 0.25) is 5.02 Å². The van der Waals surface area contributed by atoms with Crippen LogP contribution in [-0.2, 0) is 0 Å². The van der Waals surface area contributed by atoms with Gasteiger partial charge in [0.15, 0.2) is 5.69 Å². The average Bonchev–Trinajstić information content (AvgIpc) is 3.26. The molecule has 1 aromatic heterocycles. The molecule has 5 rings (SSSR count). The Morgan fingerprint density at radius 1 is 0.938 bits per heavy atom. The average molecular weight is 441 g/mol. The van der Waals surface area contributed by atoms with E-state index in [4.69, 9.17) is 16.6 Å². The summed E-state index contributed by atoms with van der Waals surface area (Å²) in [4.78, 5) is 20.3. The second-order valence-corrected chi connectivity index (χ2v) is 8.19. The highest BCUT2D eigenvalue weighted by Gasteiger charge is 2.33. The number of carbonyl (C=O) groups is 1. The van der Waals surface area contributed by atoms with Gasteiger partial charge in [0, 0.05) is 28.4 Å². The Bertz CT molecular complexity index is 1240. The van der Waals surface area contributed by atoms with E-state index in [0.29, 0.717) is 22.9 Å². The van der Waals surface area contributed by atoms with Crippen molar-refractivity contribution >= 4 is 34.6 Å². The van der Waals surface area contributed by atoms with Crippen LogP contribution < -0.4 is 4.90 Å². The van der Waals surface area contributed by atoms with Gasteiger partial charge in [-0.25, -0.2) is 4.99 Å². The van der Waals surface area contributed by atoms with Gasteiger partial charge in [0.05, 0.1) is 18.0 Å². The highest BCUT2D eigenvalue weighted by atomic mass is 35.5. The number of rotatable bonds is 4. The number of benzene rings is 3. The van der Waals surface area contributed by atoms with Crippen LogP contribution in [0.1, 0.15) is 34.6 Å². The molecule has 0 spiro atoms. The predicted octanol–water partition coefficient (Wildman–Crippen LogP) is 5.93. The molecular formula is C26H21ClN4O. The molecule has 0 unspecified atom stereocenters. The molecule has 4 aromatic rings. The van der Waals surface area contributed by atoms with E-state index in [2.05, 4.69) is 12.0 Å². The first-order valence-corrected chi connectivity index (χ1v) is 10.8. The van der Waals surface area contributed by atoms with Crippen LogP contribution in [0.15, 0.2) is 96.1 Å². The van der Waals surface area contributed by atoms with E-state index in [-0.39, 0.29) is 11.9 Å². The zero-order valence-electron chi connectivity index (χ0n) is 17.5. The van der Waals surface area contributed by atoms with Gasteiger partial charge in [-0.1, -0.05) is 72.3 Å². The molecule has 5 nitrogen and oxygen atoms in total. The standard InChI is InChI=1S/C26H21ClN4O/c1-18-17-30(22-14-12-21(27)13-15-22)26(32)25-23(16-28-31(18)25)29-24(19-8-4-2-5-9-19)20-10-6-3-7-11-20/h2-16,18H,17H2,1H3/t18-/m0/s1. The van der Waals surface area contributed by atoms with Gasteiger partial charge >= 0.3 is 0 Å². The molecule has 0 saturated carbocycles. The second-order valence-electron chi connectivity index (χ2n) is 7.76. The van der Waals surface area contributed by atoms with Crippen molar-refractivity contribution in [3.05, 3.63) is 113 Å². The maximum Gasteiger partial charge on any atom is 0.278 e. The molecular weight excluding hydrogens is 420 g/mol. The van der Waals surface area contributed by atoms with Crippen molar-refractivity contribution in [2.24, 2.45) is 4.99 Å². The van der Waals surface area contributed by atoms with Crippen LogP contribution in [0.25, 0.3) is 0 Å². The summed E-state index contributed by atoms with van der Waals surface area (Å²) in [5.74, 6) is -0.123. The van der Waals surface area contributed by atoms with Crippen LogP contribution in [-0.4, -0.2) is 27.9 Å². The Kier molecular flexibility index (Phi) is 5.33. The van der Waals surface area contributed by atoms with Gasteiger partial charge in [-0.15, -0.1) is 0 Å². The summed E-state index contributed by atoms with van der Waals surface area (Å²) in [5.41, 5.74) is 4.60.